The summed E-state index contributed by atoms with van der Waals surface area (Å²) < 4.78 is 0. The molecule has 1 aromatic carbocycles. The molecule has 0 saturated heterocycles. The molecule has 1 aromatic rings. The van der Waals surface area contributed by atoms with Gasteiger partial charge in [-0.25, -0.2) is 0 Å². The first-order chi connectivity index (χ1) is 8.49. The molecule has 0 aliphatic carbocycles. The van der Waals surface area contributed by atoms with Crippen molar-refractivity contribution in [2.75, 3.05) is 16.8 Å². The number of nitrogens with zero attached hydrogens (tertiary/aromatic N) is 1. The van der Waals surface area contributed by atoms with Crippen molar-refractivity contribution in [2.24, 2.45) is 5.92 Å². The van der Waals surface area contributed by atoms with Gasteiger partial charge in [-0.05, 0) is 43.0 Å². The monoisotopic (exact) mass is 246 g/mol. The highest BCUT2D eigenvalue weighted by atomic mass is 16.2. The van der Waals surface area contributed by atoms with Crippen molar-refractivity contribution in [3.63, 3.8) is 0 Å². The van der Waals surface area contributed by atoms with Crippen LogP contribution in [0, 0.1) is 5.92 Å². The molecule has 0 aromatic heterocycles. The lowest BCUT2D eigenvalue weighted by molar-refractivity contribution is -0.116. The van der Waals surface area contributed by atoms with Crippen molar-refractivity contribution in [3.8, 4) is 0 Å². The quantitative estimate of drug-likeness (QED) is 0.889. The first-order valence-corrected chi connectivity index (χ1v) is 6.66. The van der Waals surface area contributed by atoms with Crippen molar-refractivity contribution in [2.45, 2.75) is 40.2 Å². The van der Waals surface area contributed by atoms with Crippen LogP contribution in [0.25, 0.3) is 0 Å². The number of amides is 1. The largest absolute Gasteiger partial charge is 0.382 e. The summed E-state index contributed by atoms with van der Waals surface area (Å²) in [5.74, 6) is 0.733. The molecular formula is C15H22N2O. The fourth-order valence-electron chi connectivity index (χ4n) is 2.25. The molecule has 18 heavy (non-hydrogen) atoms. The van der Waals surface area contributed by atoms with Gasteiger partial charge in [0.1, 0.15) is 0 Å². The average molecular weight is 246 g/mol. The molecule has 1 N–H and O–H groups in total. The Morgan fingerprint density at radius 3 is 2.67 bits per heavy atom. The van der Waals surface area contributed by atoms with Gasteiger partial charge in [0, 0.05) is 30.9 Å². The minimum Gasteiger partial charge on any atom is -0.382 e. The molecule has 0 fully saturated rings. The van der Waals surface area contributed by atoms with Crippen molar-refractivity contribution >= 4 is 17.3 Å². The second-order valence-corrected chi connectivity index (χ2v) is 5.44. The topological polar surface area (TPSA) is 32.3 Å². The predicted molar refractivity (Wildman–Crippen MR) is 76.1 cm³/mol. The highest BCUT2D eigenvalue weighted by Crippen LogP contribution is 2.30. The number of nitrogens with one attached hydrogen (secondary N) is 1. The highest BCUT2D eigenvalue weighted by molar-refractivity contribution is 5.94. The molecule has 3 heteroatoms. The van der Waals surface area contributed by atoms with E-state index in [-0.39, 0.29) is 5.91 Å². The molecule has 0 bridgehead atoms. The molecule has 2 rings (SSSR count). The van der Waals surface area contributed by atoms with Gasteiger partial charge in [-0.2, -0.15) is 0 Å². The number of hydrogen-bond donors (Lipinski definition) is 1. The van der Waals surface area contributed by atoms with E-state index >= 15 is 0 Å². The molecule has 0 spiro atoms. The third kappa shape index (κ3) is 2.50. The number of anilines is 2. The minimum atomic E-state index is 0.130. The molecule has 0 saturated carbocycles. The summed E-state index contributed by atoms with van der Waals surface area (Å²) in [5.41, 5.74) is 3.50. The highest BCUT2D eigenvalue weighted by Gasteiger charge is 2.22. The summed E-state index contributed by atoms with van der Waals surface area (Å²) in [5, 5.41) is 3.51. The Bertz CT molecular complexity index is 454. The number of rotatable bonds is 3. The normalized spacial score (nSPS) is 15.7. The van der Waals surface area contributed by atoms with Gasteiger partial charge >= 0.3 is 0 Å². The van der Waals surface area contributed by atoms with E-state index in [0.29, 0.717) is 12.0 Å². The summed E-state index contributed by atoms with van der Waals surface area (Å²) in [6.07, 6.45) is 0.959. The van der Waals surface area contributed by atoms with Gasteiger partial charge in [0.2, 0.25) is 5.91 Å². The Labute approximate surface area is 109 Å². The fourth-order valence-corrected chi connectivity index (χ4v) is 2.25. The van der Waals surface area contributed by atoms with Crippen LogP contribution in [0.1, 0.15) is 33.3 Å². The maximum Gasteiger partial charge on any atom is 0.223 e. The Morgan fingerprint density at radius 2 is 2.06 bits per heavy atom. The zero-order chi connectivity index (χ0) is 13.3. The van der Waals surface area contributed by atoms with Crippen LogP contribution in [0.4, 0.5) is 11.4 Å². The second-order valence-electron chi connectivity index (χ2n) is 5.44. The van der Waals surface area contributed by atoms with E-state index in [1.165, 1.54) is 5.56 Å². The van der Waals surface area contributed by atoms with Gasteiger partial charge in [-0.15, -0.1) is 0 Å². The number of carbonyl (C=O) groups is 1. The third-order valence-corrected chi connectivity index (χ3v) is 3.75. The van der Waals surface area contributed by atoms with Gasteiger partial charge in [-0.1, -0.05) is 13.8 Å². The Balaban J connectivity index is 2.17. The van der Waals surface area contributed by atoms with Gasteiger partial charge in [0.05, 0.1) is 0 Å². The lowest BCUT2D eigenvalue weighted by Crippen LogP contribution is -2.25. The third-order valence-electron chi connectivity index (χ3n) is 3.75. The summed E-state index contributed by atoms with van der Waals surface area (Å²) in [6, 6.07) is 6.75. The van der Waals surface area contributed by atoms with E-state index in [1.807, 2.05) is 4.90 Å². The van der Waals surface area contributed by atoms with Crippen LogP contribution in [0.3, 0.4) is 0 Å². The second kappa shape index (κ2) is 5.01. The first kappa shape index (κ1) is 12.9. The van der Waals surface area contributed by atoms with Crippen molar-refractivity contribution in [1.82, 2.24) is 0 Å². The van der Waals surface area contributed by atoms with Crippen LogP contribution < -0.4 is 10.2 Å². The van der Waals surface area contributed by atoms with Gasteiger partial charge in [0.15, 0.2) is 0 Å². The Morgan fingerprint density at radius 1 is 1.33 bits per heavy atom. The van der Waals surface area contributed by atoms with E-state index in [0.717, 1.165) is 24.3 Å². The van der Waals surface area contributed by atoms with Crippen LogP contribution >= 0.6 is 0 Å². The molecule has 1 amide bonds. The lowest BCUT2D eigenvalue weighted by atomic mass is 10.1. The number of hydrogen-bond acceptors (Lipinski definition) is 2. The number of fused-ring (bicyclic) bond motifs is 1. The lowest BCUT2D eigenvalue weighted by Gasteiger charge is -2.20. The maximum absolute atomic E-state index is 11.5. The number of benzene rings is 1. The Kier molecular flexibility index (Phi) is 3.60. The molecule has 3 nitrogen and oxygen atoms in total. The molecule has 1 heterocycles. The summed E-state index contributed by atoms with van der Waals surface area (Å²) in [6.45, 7) is 9.06. The van der Waals surface area contributed by atoms with Crippen LogP contribution in [0.5, 0.6) is 0 Å². The smallest absolute Gasteiger partial charge is 0.223 e. The van der Waals surface area contributed by atoms with E-state index in [4.69, 9.17) is 0 Å². The van der Waals surface area contributed by atoms with Crippen molar-refractivity contribution < 1.29 is 4.79 Å². The minimum absolute atomic E-state index is 0.130. The van der Waals surface area contributed by atoms with Gasteiger partial charge < -0.3 is 10.2 Å². The van der Waals surface area contributed by atoms with E-state index in [2.05, 4.69) is 44.3 Å². The predicted octanol–water partition coefficient (Wildman–Crippen LogP) is 3.05. The first-order valence-electron chi connectivity index (χ1n) is 6.66. The molecule has 0 radical (unpaired) electrons. The van der Waals surface area contributed by atoms with E-state index in [1.54, 1.807) is 6.92 Å². The molecule has 1 aliphatic rings. The molecule has 1 aliphatic heterocycles. The SMILES string of the molecule is CC(=O)N1CCc2cc(NC(C)C(C)C)ccc21. The molecule has 98 valence electrons. The van der Waals surface area contributed by atoms with Crippen LogP contribution in [-0.2, 0) is 11.2 Å². The van der Waals surface area contributed by atoms with E-state index in [9.17, 15) is 4.79 Å². The summed E-state index contributed by atoms with van der Waals surface area (Å²) in [4.78, 5) is 13.3. The fraction of sp³-hybridized carbons (Fsp3) is 0.533. The standard InChI is InChI=1S/C15H22N2O/c1-10(2)11(3)16-14-5-6-15-13(9-14)7-8-17(15)12(4)18/h5-6,9-11,16H,7-8H2,1-4H3. The zero-order valence-corrected chi connectivity index (χ0v) is 11.7. The van der Waals surface area contributed by atoms with Crippen molar-refractivity contribution in [1.29, 1.82) is 0 Å². The van der Waals surface area contributed by atoms with Crippen molar-refractivity contribution in [3.05, 3.63) is 23.8 Å². The van der Waals surface area contributed by atoms with E-state index < -0.39 is 0 Å². The van der Waals surface area contributed by atoms with Crippen LogP contribution in [0.2, 0.25) is 0 Å². The maximum atomic E-state index is 11.5. The van der Waals surface area contributed by atoms with Crippen LogP contribution in [0.15, 0.2) is 18.2 Å². The average Bonchev–Trinajstić information content (AvgIpc) is 2.71. The Hall–Kier alpha value is -1.51. The molecular weight excluding hydrogens is 224 g/mol. The summed E-state index contributed by atoms with van der Waals surface area (Å²) in [7, 11) is 0. The van der Waals surface area contributed by atoms with Crippen LogP contribution in [-0.4, -0.2) is 18.5 Å². The summed E-state index contributed by atoms with van der Waals surface area (Å²) >= 11 is 0. The zero-order valence-electron chi connectivity index (χ0n) is 11.7. The number of carbonyl (C=O) groups excluding carboxylic acids is 1. The molecule has 1 unspecified atom stereocenters. The van der Waals surface area contributed by atoms with Gasteiger partial charge in [-0.3, -0.25) is 4.79 Å². The molecule has 1 atom stereocenters. The van der Waals surface area contributed by atoms with Gasteiger partial charge in [0.25, 0.3) is 0 Å².